The van der Waals surface area contributed by atoms with Crippen LogP contribution in [0.4, 0.5) is 0 Å². The van der Waals surface area contributed by atoms with Crippen molar-refractivity contribution in [1.82, 2.24) is 5.32 Å². The van der Waals surface area contributed by atoms with Crippen molar-refractivity contribution in [2.75, 3.05) is 7.11 Å². The first kappa shape index (κ1) is 18.8. The van der Waals surface area contributed by atoms with Crippen LogP contribution < -0.4 is 5.32 Å². The summed E-state index contributed by atoms with van der Waals surface area (Å²) in [6.07, 6.45) is 0.767. The van der Waals surface area contributed by atoms with Crippen molar-refractivity contribution in [3.63, 3.8) is 0 Å². The lowest BCUT2D eigenvalue weighted by atomic mass is 9.80. The molecule has 2 aliphatic carbocycles. The van der Waals surface area contributed by atoms with Crippen molar-refractivity contribution in [3.8, 4) is 11.1 Å². The summed E-state index contributed by atoms with van der Waals surface area (Å²) in [5, 5.41) is 3.83. The molecule has 5 rings (SSSR count). The summed E-state index contributed by atoms with van der Waals surface area (Å²) < 4.78 is 4.86. The molecule has 2 atom stereocenters. The molecule has 0 aliphatic heterocycles. The van der Waals surface area contributed by atoms with E-state index < -0.39 is 17.4 Å². The average molecular weight is 397 g/mol. The van der Waals surface area contributed by atoms with E-state index in [9.17, 15) is 9.59 Å². The lowest BCUT2D eigenvalue weighted by molar-refractivity contribution is -0.148. The van der Waals surface area contributed by atoms with Crippen molar-refractivity contribution >= 4 is 11.8 Å². The van der Waals surface area contributed by atoms with Crippen LogP contribution >= 0.6 is 0 Å². The van der Waals surface area contributed by atoms with E-state index >= 15 is 0 Å². The quantitative estimate of drug-likeness (QED) is 0.533. The Hall–Kier alpha value is -3.24. The molecule has 1 saturated carbocycles. The van der Waals surface area contributed by atoms with E-state index in [1.54, 1.807) is 0 Å². The van der Waals surface area contributed by atoms with Gasteiger partial charge in [0.15, 0.2) is 0 Å². The van der Waals surface area contributed by atoms with Crippen molar-refractivity contribution < 1.29 is 14.3 Å². The summed E-state index contributed by atoms with van der Waals surface area (Å²) in [7, 11) is 1.34. The molecule has 0 aromatic heterocycles. The molecule has 1 N–H and O–H groups in total. The first-order valence-corrected chi connectivity index (χ1v) is 10.3. The Labute approximate surface area is 175 Å². The van der Waals surface area contributed by atoms with Gasteiger partial charge in [0.2, 0.25) is 0 Å². The van der Waals surface area contributed by atoms with Crippen LogP contribution in [-0.4, -0.2) is 24.9 Å². The number of carbonyl (C=O) groups is 2. The third-order valence-electron chi connectivity index (χ3n) is 6.42. The Morgan fingerprint density at radius 3 is 2.07 bits per heavy atom. The number of nitrogens with one attached hydrogen (secondary N) is 1. The van der Waals surface area contributed by atoms with Gasteiger partial charge in [-0.2, -0.15) is 0 Å². The lowest BCUT2D eigenvalue weighted by Gasteiger charge is -2.36. The van der Waals surface area contributed by atoms with Crippen molar-refractivity contribution in [1.29, 1.82) is 0 Å². The highest BCUT2D eigenvalue weighted by Crippen LogP contribution is 2.51. The van der Waals surface area contributed by atoms with Gasteiger partial charge in [-0.05, 0) is 34.2 Å². The second-order valence-electron chi connectivity index (χ2n) is 8.03. The summed E-state index contributed by atoms with van der Waals surface area (Å²) in [5.74, 6) is -1.18. The number of fused-ring (bicyclic) bond motifs is 3. The van der Waals surface area contributed by atoms with Crippen LogP contribution in [0.1, 0.15) is 29.5 Å². The van der Waals surface area contributed by atoms with E-state index in [0.29, 0.717) is 12.8 Å². The van der Waals surface area contributed by atoms with Gasteiger partial charge in [0.25, 0.3) is 0 Å². The topological polar surface area (TPSA) is 55.4 Å². The summed E-state index contributed by atoms with van der Waals surface area (Å²) in [5.41, 5.74) is 5.27. The highest BCUT2D eigenvalue weighted by molar-refractivity contribution is 6.01. The smallest absolute Gasteiger partial charge is 0.316 e. The maximum atomic E-state index is 12.6. The molecule has 0 heterocycles. The van der Waals surface area contributed by atoms with Crippen LogP contribution in [0.5, 0.6) is 0 Å². The van der Waals surface area contributed by atoms with Crippen molar-refractivity contribution in [2.24, 2.45) is 5.92 Å². The molecule has 0 radical (unpaired) electrons. The van der Waals surface area contributed by atoms with E-state index in [0.717, 1.165) is 5.56 Å². The third-order valence-corrected chi connectivity index (χ3v) is 6.42. The second kappa shape index (κ2) is 7.22. The predicted molar refractivity (Wildman–Crippen MR) is 115 cm³/mol. The zero-order chi connectivity index (χ0) is 20.7. The van der Waals surface area contributed by atoms with Crippen LogP contribution in [0, 0.1) is 5.92 Å². The van der Waals surface area contributed by atoms with Crippen LogP contribution in [0.3, 0.4) is 0 Å². The summed E-state index contributed by atoms with van der Waals surface area (Å²) in [4.78, 5) is 24.6. The van der Waals surface area contributed by atoms with E-state index in [4.69, 9.17) is 4.74 Å². The number of hydrogen-bond acceptors (Lipinski definition) is 4. The first-order valence-electron chi connectivity index (χ1n) is 10.3. The Bertz CT molecular complexity index is 1080. The van der Waals surface area contributed by atoms with E-state index in [1.165, 1.54) is 29.4 Å². The summed E-state index contributed by atoms with van der Waals surface area (Å²) >= 11 is 0. The molecule has 1 fully saturated rings. The van der Waals surface area contributed by atoms with Crippen LogP contribution in [0.15, 0.2) is 78.9 Å². The Kier molecular flexibility index (Phi) is 4.52. The van der Waals surface area contributed by atoms with E-state index in [1.807, 2.05) is 18.2 Å². The van der Waals surface area contributed by atoms with Crippen molar-refractivity contribution in [3.05, 3.63) is 95.6 Å². The van der Waals surface area contributed by atoms with Crippen LogP contribution in [-0.2, 0) is 19.9 Å². The minimum absolute atomic E-state index is 0.0536. The fourth-order valence-corrected chi connectivity index (χ4v) is 5.14. The number of esters is 1. The van der Waals surface area contributed by atoms with Gasteiger partial charge in [-0.25, -0.2) is 0 Å². The highest BCUT2D eigenvalue weighted by atomic mass is 16.5. The van der Waals surface area contributed by atoms with Gasteiger partial charge in [0.05, 0.1) is 12.6 Å². The summed E-state index contributed by atoms with van der Waals surface area (Å²) in [6.45, 7) is 0. The molecule has 3 aromatic carbocycles. The van der Waals surface area contributed by atoms with Gasteiger partial charge in [-0.3, -0.25) is 14.9 Å². The summed E-state index contributed by atoms with van der Waals surface area (Å²) in [6, 6.07) is 27.1. The standard InChI is InChI=1S/C26H23NO3/c1-30-25(29)21-15-18(16-24(21)28)27-26(17-9-3-2-4-10-17)22-13-7-5-11-19(22)20-12-6-8-14-23(20)26/h2-14,18,21,27H,15-16H2,1H3/t18-,21?/m1/s1. The number of hydrogen-bond donors (Lipinski definition) is 1. The van der Waals surface area contributed by atoms with Crippen LogP contribution in [0.2, 0.25) is 0 Å². The molecule has 0 bridgehead atoms. The predicted octanol–water partition coefficient (Wildman–Crippen LogP) is 4.07. The second-order valence-corrected chi connectivity index (χ2v) is 8.03. The number of carbonyl (C=O) groups excluding carboxylic acids is 2. The molecule has 1 unspecified atom stereocenters. The molecule has 0 saturated heterocycles. The molecule has 150 valence electrons. The normalized spacial score (nSPS) is 21.2. The van der Waals surface area contributed by atoms with Gasteiger partial charge in [-0.15, -0.1) is 0 Å². The molecule has 0 amide bonds. The van der Waals surface area contributed by atoms with Crippen molar-refractivity contribution in [2.45, 2.75) is 24.4 Å². The maximum Gasteiger partial charge on any atom is 0.316 e. The zero-order valence-electron chi connectivity index (χ0n) is 16.8. The Morgan fingerprint density at radius 2 is 1.47 bits per heavy atom. The minimum Gasteiger partial charge on any atom is -0.468 e. The molecule has 30 heavy (non-hydrogen) atoms. The van der Waals surface area contributed by atoms with Gasteiger partial charge < -0.3 is 4.74 Å². The third kappa shape index (κ3) is 2.71. The molecule has 2 aliphatic rings. The average Bonchev–Trinajstić information content (AvgIpc) is 3.30. The lowest BCUT2D eigenvalue weighted by Crippen LogP contribution is -2.48. The van der Waals surface area contributed by atoms with E-state index in [-0.39, 0.29) is 11.8 Å². The van der Waals surface area contributed by atoms with Gasteiger partial charge in [-0.1, -0.05) is 78.9 Å². The molecule has 3 aromatic rings. The highest BCUT2D eigenvalue weighted by Gasteiger charge is 2.48. The number of ether oxygens (including phenoxy) is 1. The number of benzene rings is 3. The Morgan fingerprint density at radius 1 is 0.900 bits per heavy atom. The molecular formula is C26H23NO3. The first-order chi connectivity index (χ1) is 14.6. The van der Waals surface area contributed by atoms with Gasteiger partial charge >= 0.3 is 5.97 Å². The number of Topliss-reactive ketones (excluding diaryl/α,β-unsaturated/α-hetero) is 1. The monoisotopic (exact) mass is 397 g/mol. The van der Waals surface area contributed by atoms with Gasteiger partial charge in [0.1, 0.15) is 11.7 Å². The molecule has 4 heteroatoms. The molecular weight excluding hydrogens is 374 g/mol. The number of rotatable bonds is 4. The zero-order valence-corrected chi connectivity index (χ0v) is 16.8. The maximum absolute atomic E-state index is 12.6. The number of methoxy groups -OCH3 is 1. The SMILES string of the molecule is COC(=O)C1C[C@@H](NC2(c3ccccc3)c3ccccc3-c3ccccc32)CC1=O. The number of ketones is 1. The largest absolute Gasteiger partial charge is 0.468 e. The molecule has 0 spiro atoms. The van der Waals surface area contributed by atoms with E-state index in [2.05, 4.69) is 66.0 Å². The van der Waals surface area contributed by atoms with Crippen LogP contribution in [0.25, 0.3) is 11.1 Å². The minimum atomic E-state index is -0.688. The molecule has 4 nitrogen and oxygen atoms in total. The Balaban J connectivity index is 1.66. The van der Waals surface area contributed by atoms with Gasteiger partial charge in [0, 0.05) is 12.5 Å². The fraction of sp³-hybridized carbons (Fsp3) is 0.231. The fourth-order valence-electron chi connectivity index (χ4n) is 5.14.